The van der Waals surface area contributed by atoms with E-state index in [9.17, 15) is 0 Å². The molecule has 0 bridgehead atoms. The van der Waals surface area contributed by atoms with Crippen molar-refractivity contribution in [3.8, 4) is 11.4 Å². The molecule has 17 heavy (non-hydrogen) atoms. The van der Waals surface area contributed by atoms with Crippen molar-refractivity contribution in [3.63, 3.8) is 0 Å². The maximum Gasteiger partial charge on any atom is 0.159 e. The van der Waals surface area contributed by atoms with Crippen LogP contribution in [0.1, 0.15) is 0 Å². The lowest BCUT2D eigenvalue weighted by Crippen LogP contribution is -2.09. The molecule has 3 aromatic rings. The van der Waals surface area contributed by atoms with Gasteiger partial charge in [-0.05, 0) is 24.3 Å². The molecule has 0 unspecified atom stereocenters. The highest BCUT2D eigenvalue weighted by atomic mass is 15.3. The van der Waals surface area contributed by atoms with Gasteiger partial charge in [-0.2, -0.15) is 0 Å². The van der Waals surface area contributed by atoms with Crippen LogP contribution < -0.4 is 11.6 Å². The Morgan fingerprint density at radius 1 is 1.00 bits per heavy atom. The predicted molar refractivity (Wildman–Crippen MR) is 69.7 cm³/mol. The lowest BCUT2D eigenvalue weighted by atomic mass is 10.2. The molecule has 0 aliphatic carbocycles. The summed E-state index contributed by atoms with van der Waals surface area (Å²) in [5.74, 6) is 6.76. The van der Waals surface area contributed by atoms with Gasteiger partial charge in [0.1, 0.15) is 0 Å². The Hall–Kier alpha value is -2.49. The van der Waals surface area contributed by atoms with E-state index in [0.29, 0.717) is 5.69 Å². The number of nitrogen functional groups attached to an aromatic ring is 2. The van der Waals surface area contributed by atoms with Gasteiger partial charge in [0.25, 0.3) is 0 Å². The van der Waals surface area contributed by atoms with Gasteiger partial charge in [-0.25, -0.2) is 9.66 Å². The van der Waals surface area contributed by atoms with Crippen molar-refractivity contribution in [2.24, 2.45) is 0 Å². The highest BCUT2D eigenvalue weighted by Gasteiger charge is 2.09. The number of hydrogen-bond acceptors (Lipinski definition) is 3. The first-order chi connectivity index (χ1) is 8.25. The number of rotatable bonds is 1. The number of aromatic nitrogens is 2. The molecule has 4 nitrogen and oxygen atoms in total. The van der Waals surface area contributed by atoms with Crippen LogP contribution in [0.5, 0.6) is 0 Å². The maximum atomic E-state index is 6.03. The van der Waals surface area contributed by atoms with Crippen LogP contribution in [0.4, 0.5) is 5.69 Å². The Morgan fingerprint density at radius 2 is 1.82 bits per heavy atom. The number of benzene rings is 2. The first kappa shape index (κ1) is 9.72. The number of nitrogens with two attached hydrogens (primary N) is 2. The van der Waals surface area contributed by atoms with E-state index in [2.05, 4.69) is 4.98 Å². The van der Waals surface area contributed by atoms with Crippen molar-refractivity contribution in [1.82, 2.24) is 9.66 Å². The summed E-state index contributed by atoms with van der Waals surface area (Å²) in [6.07, 6.45) is 0. The van der Waals surface area contributed by atoms with Gasteiger partial charge in [0.05, 0.1) is 11.0 Å². The highest BCUT2D eigenvalue weighted by molar-refractivity contribution is 5.81. The fourth-order valence-electron chi connectivity index (χ4n) is 1.93. The first-order valence-corrected chi connectivity index (χ1v) is 5.34. The van der Waals surface area contributed by atoms with E-state index in [0.717, 1.165) is 22.4 Å². The quantitative estimate of drug-likeness (QED) is 0.490. The Labute approximate surface area is 98.5 Å². The molecule has 2 aromatic carbocycles. The number of nitrogens with zero attached hydrogens (tertiary/aromatic N) is 2. The average Bonchev–Trinajstić information content (AvgIpc) is 2.68. The Morgan fingerprint density at radius 3 is 2.59 bits per heavy atom. The molecule has 0 amide bonds. The lowest BCUT2D eigenvalue weighted by molar-refractivity contribution is 1.05. The van der Waals surface area contributed by atoms with E-state index < -0.39 is 0 Å². The van der Waals surface area contributed by atoms with Crippen LogP contribution in [-0.2, 0) is 0 Å². The summed E-state index contributed by atoms with van der Waals surface area (Å²) in [6.45, 7) is 0. The number of imidazole rings is 1. The standard InChI is InChI=1S/C13H12N4/c14-10-5-3-4-9(8-10)13-16-11-6-1-2-7-12(11)17(13)15/h1-8H,14-15H2. The number of fused-ring (bicyclic) bond motifs is 1. The molecule has 4 N–H and O–H groups in total. The Kier molecular flexibility index (Phi) is 2.01. The zero-order valence-electron chi connectivity index (χ0n) is 9.17. The molecule has 0 saturated heterocycles. The van der Waals surface area contributed by atoms with Gasteiger partial charge in [-0.1, -0.05) is 24.3 Å². The zero-order chi connectivity index (χ0) is 11.8. The Balaban J connectivity index is 2.27. The molecule has 0 aliphatic rings. The fourth-order valence-corrected chi connectivity index (χ4v) is 1.93. The number of anilines is 1. The SMILES string of the molecule is Nc1cccc(-c2nc3ccccc3n2N)c1. The third-order valence-electron chi connectivity index (χ3n) is 2.74. The van der Waals surface area contributed by atoms with Gasteiger partial charge >= 0.3 is 0 Å². The van der Waals surface area contributed by atoms with Crippen molar-refractivity contribution in [2.75, 3.05) is 11.6 Å². The van der Waals surface area contributed by atoms with Crippen LogP contribution in [0.25, 0.3) is 22.4 Å². The minimum absolute atomic E-state index is 0.703. The normalized spacial score (nSPS) is 10.8. The van der Waals surface area contributed by atoms with Gasteiger partial charge < -0.3 is 11.6 Å². The van der Waals surface area contributed by atoms with Crippen molar-refractivity contribution >= 4 is 16.7 Å². The molecule has 4 heteroatoms. The first-order valence-electron chi connectivity index (χ1n) is 5.34. The third-order valence-corrected chi connectivity index (χ3v) is 2.74. The monoisotopic (exact) mass is 224 g/mol. The average molecular weight is 224 g/mol. The second kappa shape index (κ2) is 3.52. The Bertz CT molecular complexity index is 685. The smallest absolute Gasteiger partial charge is 0.159 e. The fraction of sp³-hybridized carbons (Fsp3) is 0. The van der Waals surface area contributed by atoms with Crippen LogP contribution in [0, 0.1) is 0 Å². The highest BCUT2D eigenvalue weighted by Crippen LogP contribution is 2.23. The van der Waals surface area contributed by atoms with E-state index in [1.807, 2.05) is 48.5 Å². The van der Waals surface area contributed by atoms with Crippen LogP contribution in [0.3, 0.4) is 0 Å². The van der Waals surface area contributed by atoms with Gasteiger partial charge in [0.15, 0.2) is 5.82 Å². The largest absolute Gasteiger partial charge is 0.399 e. The second-order valence-corrected chi connectivity index (χ2v) is 3.92. The molecular formula is C13H12N4. The van der Waals surface area contributed by atoms with Crippen LogP contribution in [0.15, 0.2) is 48.5 Å². The molecule has 0 aliphatic heterocycles. The van der Waals surface area contributed by atoms with Crippen molar-refractivity contribution in [3.05, 3.63) is 48.5 Å². The van der Waals surface area contributed by atoms with Gasteiger partial charge in [-0.15, -0.1) is 0 Å². The van der Waals surface area contributed by atoms with Crippen LogP contribution in [0.2, 0.25) is 0 Å². The summed E-state index contributed by atoms with van der Waals surface area (Å²) >= 11 is 0. The molecule has 0 radical (unpaired) electrons. The van der Waals surface area contributed by atoms with Crippen LogP contribution >= 0.6 is 0 Å². The van der Waals surface area contributed by atoms with Crippen LogP contribution in [-0.4, -0.2) is 9.66 Å². The van der Waals surface area contributed by atoms with Crippen molar-refractivity contribution in [1.29, 1.82) is 0 Å². The molecule has 84 valence electrons. The van der Waals surface area contributed by atoms with E-state index in [4.69, 9.17) is 11.6 Å². The molecule has 0 fully saturated rings. The third kappa shape index (κ3) is 1.50. The molecule has 0 saturated carbocycles. The topological polar surface area (TPSA) is 69.9 Å². The zero-order valence-corrected chi connectivity index (χ0v) is 9.17. The predicted octanol–water partition coefficient (Wildman–Crippen LogP) is 2.00. The summed E-state index contributed by atoms with van der Waals surface area (Å²) in [4.78, 5) is 4.51. The number of para-hydroxylation sites is 2. The second-order valence-electron chi connectivity index (χ2n) is 3.92. The minimum Gasteiger partial charge on any atom is -0.399 e. The summed E-state index contributed by atoms with van der Waals surface area (Å²) in [5, 5.41) is 0. The maximum absolute atomic E-state index is 6.03. The van der Waals surface area contributed by atoms with E-state index in [1.165, 1.54) is 0 Å². The van der Waals surface area contributed by atoms with Crippen molar-refractivity contribution in [2.45, 2.75) is 0 Å². The molecule has 1 heterocycles. The lowest BCUT2D eigenvalue weighted by Gasteiger charge is -2.02. The van der Waals surface area contributed by atoms with E-state index >= 15 is 0 Å². The van der Waals surface area contributed by atoms with Gasteiger partial charge in [-0.3, -0.25) is 0 Å². The van der Waals surface area contributed by atoms with E-state index in [-0.39, 0.29) is 0 Å². The molecule has 3 rings (SSSR count). The summed E-state index contributed by atoms with van der Waals surface area (Å²) in [6, 6.07) is 15.3. The van der Waals surface area contributed by atoms with Gasteiger partial charge in [0, 0.05) is 11.3 Å². The molecular weight excluding hydrogens is 212 g/mol. The molecule has 0 atom stereocenters. The van der Waals surface area contributed by atoms with Crippen molar-refractivity contribution < 1.29 is 0 Å². The summed E-state index contributed by atoms with van der Waals surface area (Å²) in [7, 11) is 0. The molecule has 0 spiro atoms. The summed E-state index contributed by atoms with van der Waals surface area (Å²) < 4.78 is 1.59. The van der Waals surface area contributed by atoms with E-state index in [1.54, 1.807) is 4.68 Å². The summed E-state index contributed by atoms with van der Waals surface area (Å²) in [5.41, 5.74) is 9.17. The minimum atomic E-state index is 0.703. The van der Waals surface area contributed by atoms with Gasteiger partial charge in [0.2, 0.25) is 0 Å². The number of hydrogen-bond donors (Lipinski definition) is 2. The molecule has 1 aromatic heterocycles.